The Balaban J connectivity index is 1.82. The van der Waals surface area contributed by atoms with Crippen LogP contribution in [0.4, 0.5) is 0 Å². The zero-order valence-corrected chi connectivity index (χ0v) is 13.2. The Morgan fingerprint density at radius 3 is 3.05 bits per heavy atom. The molecule has 0 spiro atoms. The Bertz CT molecular complexity index is 702. The average molecular weight is 334 g/mol. The lowest BCUT2D eigenvalue weighted by Crippen LogP contribution is -2.32. The first kappa shape index (κ1) is 15.1. The molecule has 2 aromatic rings. The van der Waals surface area contributed by atoms with Gasteiger partial charge < -0.3 is 10.0 Å². The number of aromatic nitrogens is 3. The minimum atomic E-state index is -0.267. The van der Waals surface area contributed by atoms with E-state index in [1.165, 1.54) is 16.7 Å². The third-order valence-corrected chi connectivity index (χ3v) is 4.70. The van der Waals surface area contributed by atoms with Crippen molar-refractivity contribution < 1.29 is 9.90 Å². The molecule has 0 bridgehead atoms. The molecule has 0 aliphatic carbocycles. The Kier molecular flexibility index (Phi) is 4.51. The number of aliphatic hydroxyl groups is 1. The number of amides is 1. The number of hydrogen-bond acceptors (Lipinski definition) is 6. The second kappa shape index (κ2) is 6.55. The van der Waals surface area contributed by atoms with Gasteiger partial charge in [-0.05, 0) is 18.2 Å². The molecule has 1 unspecified atom stereocenters. The number of nitrogens with zero attached hydrogens (tertiary/aromatic N) is 4. The number of hydrogen-bond donors (Lipinski definition) is 2. The summed E-state index contributed by atoms with van der Waals surface area (Å²) in [7, 11) is 0. The predicted molar refractivity (Wildman–Crippen MR) is 88.5 cm³/mol. The van der Waals surface area contributed by atoms with Crippen molar-refractivity contribution in [3.8, 4) is 5.82 Å². The van der Waals surface area contributed by atoms with E-state index in [0.29, 0.717) is 10.7 Å². The highest BCUT2D eigenvalue weighted by Crippen LogP contribution is 2.37. The molecule has 6 nitrogen and oxygen atoms in total. The Morgan fingerprint density at radius 1 is 1.45 bits per heavy atom. The van der Waals surface area contributed by atoms with Crippen molar-refractivity contribution >= 4 is 36.4 Å². The van der Waals surface area contributed by atoms with Gasteiger partial charge in [0.25, 0.3) is 5.91 Å². The monoisotopic (exact) mass is 334 g/mol. The van der Waals surface area contributed by atoms with Gasteiger partial charge in [0.15, 0.2) is 5.82 Å². The summed E-state index contributed by atoms with van der Waals surface area (Å²) in [4.78, 5) is 18.6. The van der Waals surface area contributed by atoms with Crippen LogP contribution in [-0.2, 0) is 4.79 Å². The summed E-state index contributed by atoms with van der Waals surface area (Å²) >= 11 is 5.71. The first-order chi connectivity index (χ1) is 10.7. The lowest BCUT2D eigenvalue weighted by molar-refractivity contribution is -0.125. The molecule has 0 aromatic carbocycles. The van der Waals surface area contributed by atoms with E-state index in [1.54, 1.807) is 23.2 Å². The SMILES string of the molecule is O=C1/C(=C/c2cnn(-c3ccccn3)c2)SC(S)N1CCO. The molecule has 1 aliphatic heterocycles. The number of pyridine rings is 1. The summed E-state index contributed by atoms with van der Waals surface area (Å²) < 4.78 is 1.39. The van der Waals surface area contributed by atoms with Crippen molar-refractivity contribution in [3.05, 3.63) is 47.3 Å². The maximum atomic E-state index is 12.2. The first-order valence-electron chi connectivity index (χ1n) is 6.63. The molecule has 0 radical (unpaired) electrons. The van der Waals surface area contributed by atoms with E-state index in [1.807, 2.05) is 24.4 Å². The van der Waals surface area contributed by atoms with Crippen LogP contribution in [0.1, 0.15) is 5.56 Å². The zero-order chi connectivity index (χ0) is 15.5. The molecule has 0 saturated carbocycles. The van der Waals surface area contributed by atoms with E-state index in [9.17, 15) is 4.79 Å². The summed E-state index contributed by atoms with van der Waals surface area (Å²) in [6.45, 7) is 0.207. The topological polar surface area (TPSA) is 71.2 Å². The minimum absolute atomic E-state index is 0.0751. The Hall–Kier alpha value is -1.77. The van der Waals surface area contributed by atoms with Gasteiger partial charge in [-0.1, -0.05) is 17.8 Å². The largest absolute Gasteiger partial charge is 0.395 e. The summed E-state index contributed by atoms with van der Waals surface area (Å²) in [5, 5.41) is 13.2. The van der Waals surface area contributed by atoms with Crippen molar-refractivity contribution in [2.75, 3.05) is 13.2 Å². The lowest BCUT2D eigenvalue weighted by atomic mass is 10.3. The molecule has 1 amide bonds. The number of thiol groups is 1. The Morgan fingerprint density at radius 2 is 2.32 bits per heavy atom. The van der Waals surface area contributed by atoms with Crippen LogP contribution in [0.2, 0.25) is 0 Å². The second-order valence-corrected chi connectivity index (χ2v) is 6.54. The van der Waals surface area contributed by atoms with Crippen LogP contribution >= 0.6 is 24.4 Å². The average Bonchev–Trinajstić information content (AvgIpc) is 3.09. The standard InChI is InChI=1S/C14H14N4O2S2/c19-6-5-17-13(20)11(22-14(17)21)7-10-8-16-18(9-10)12-3-1-2-4-15-12/h1-4,7-9,14,19,21H,5-6H2/b11-7-. The van der Waals surface area contributed by atoms with Gasteiger partial charge in [0.1, 0.15) is 4.71 Å². The van der Waals surface area contributed by atoms with Crippen LogP contribution < -0.4 is 0 Å². The van der Waals surface area contributed by atoms with Crippen molar-refractivity contribution in [1.82, 2.24) is 19.7 Å². The fraction of sp³-hybridized carbons (Fsp3) is 0.214. The molecule has 1 fully saturated rings. The minimum Gasteiger partial charge on any atom is -0.395 e. The van der Waals surface area contributed by atoms with Crippen LogP contribution in [0.15, 0.2) is 41.7 Å². The summed E-state index contributed by atoms with van der Waals surface area (Å²) in [6, 6.07) is 5.58. The van der Waals surface area contributed by atoms with Gasteiger partial charge in [0.05, 0.1) is 17.7 Å². The van der Waals surface area contributed by atoms with Crippen molar-refractivity contribution in [2.45, 2.75) is 4.71 Å². The van der Waals surface area contributed by atoms with Crippen LogP contribution in [0.25, 0.3) is 11.9 Å². The van der Waals surface area contributed by atoms with Crippen LogP contribution in [0.5, 0.6) is 0 Å². The number of carbonyl (C=O) groups excluding carboxylic acids is 1. The summed E-state index contributed by atoms with van der Waals surface area (Å²) in [5.41, 5.74) is 0.813. The second-order valence-electron chi connectivity index (χ2n) is 4.58. The third kappa shape index (κ3) is 3.03. The Labute approximate surface area is 137 Å². The van der Waals surface area contributed by atoms with Gasteiger partial charge in [-0.25, -0.2) is 9.67 Å². The van der Waals surface area contributed by atoms with Gasteiger partial charge in [0, 0.05) is 24.5 Å². The van der Waals surface area contributed by atoms with Crippen molar-refractivity contribution in [2.24, 2.45) is 0 Å². The van der Waals surface area contributed by atoms with Gasteiger partial charge >= 0.3 is 0 Å². The van der Waals surface area contributed by atoms with Crippen LogP contribution in [0, 0.1) is 0 Å². The van der Waals surface area contributed by atoms with Gasteiger partial charge in [-0.15, -0.1) is 12.6 Å². The van der Waals surface area contributed by atoms with Crippen molar-refractivity contribution in [3.63, 3.8) is 0 Å². The number of thioether (sulfide) groups is 1. The number of carbonyl (C=O) groups is 1. The maximum absolute atomic E-state index is 12.2. The molecule has 3 heterocycles. The molecular weight excluding hydrogens is 320 g/mol. The number of rotatable bonds is 4. The molecule has 2 aromatic heterocycles. The van der Waals surface area contributed by atoms with E-state index in [2.05, 4.69) is 22.7 Å². The van der Waals surface area contributed by atoms with E-state index in [-0.39, 0.29) is 23.8 Å². The molecule has 3 rings (SSSR count). The molecule has 114 valence electrons. The first-order valence-corrected chi connectivity index (χ1v) is 8.03. The predicted octanol–water partition coefficient (Wildman–Crippen LogP) is 1.39. The fourth-order valence-corrected chi connectivity index (χ4v) is 3.60. The van der Waals surface area contributed by atoms with Gasteiger partial charge in [-0.2, -0.15) is 5.10 Å². The van der Waals surface area contributed by atoms with E-state index in [0.717, 1.165) is 5.56 Å². The number of β-amino-alcohol motifs (C(OH)–C–C–N with tert-alkyl or cyclic N) is 1. The van der Waals surface area contributed by atoms with Crippen LogP contribution in [0.3, 0.4) is 0 Å². The highest BCUT2D eigenvalue weighted by molar-refractivity contribution is 8.14. The highest BCUT2D eigenvalue weighted by atomic mass is 32.2. The van der Waals surface area contributed by atoms with Gasteiger partial charge in [-0.3, -0.25) is 4.79 Å². The highest BCUT2D eigenvalue weighted by Gasteiger charge is 2.33. The summed E-state index contributed by atoms with van der Waals surface area (Å²) in [6.07, 6.45) is 6.97. The zero-order valence-electron chi connectivity index (χ0n) is 11.5. The third-order valence-electron chi connectivity index (χ3n) is 3.10. The molecule has 1 aliphatic rings. The number of aliphatic hydroxyl groups excluding tert-OH is 1. The molecule has 1 N–H and O–H groups in total. The van der Waals surface area contributed by atoms with Crippen molar-refractivity contribution in [1.29, 1.82) is 0 Å². The molecule has 1 saturated heterocycles. The van der Waals surface area contributed by atoms with E-state index >= 15 is 0 Å². The molecule has 22 heavy (non-hydrogen) atoms. The molecule has 1 atom stereocenters. The summed E-state index contributed by atoms with van der Waals surface area (Å²) in [5.74, 6) is 0.594. The van der Waals surface area contributed by atoms with Gasteiger partial charge in [0.2, 0.25) is 0 Å². The fourth-order valence-electron chi connectivity index (χ4n) is 2.06. The quantitative estimate of drug-likeness (QED) is 0.653. The molecular formula is C14H14N4O2S2. The maximum Gasteiger partial charge on any atom is 0.262 e. The molecule has 8 heteroatoms. The van der Waals surface area contributed by atoms with E-state index in [4.69, 9.17) is 5.11 Å². The van der Waals surface area contributed by atoms with Crippen LogP contribution in [-0.4, -0.2) is 48.5 Å². The smallest absolute Gasteiger partial charge is 0.262 e. The lowest BCUT2D eigenvalue weighted by Gasteiger charge is -2.17. The normalized spacial score (nSPS) is 20.1. The van der Waals surface area contributed by atoms with E-state index < -0.39 is 0 Å².